The van der Waals surface area contributed by atoms with Crippen molar-refractivity contribution < 1.29 is 4.79 Å². The second-order valence-corrected chi connectivity index (χ2v) is 6.41. The van der Waals surface area contributed by atoms with Crippen molar-refractivity contribution in [2.24, 2.45) is 5.84 Å². The molecule has 0 radical (unpaired) electrons. The lowest BCUT2D eigenvalue weighted by Gasteiger charge is -2.34. The first-order valence-corrected chi connectivity index (χ1v) is 6.91. The van der Waals surface area contributed by atoms with Crippen LogP contribution in [0.3, 0.4) is 0 Å². The van der Waals surface area contributed by atoms with Gasteiger partial charge in [-0.1, -0.05) is 13.8 Å². The molecule has 5 nitrogen and oxygen atoms in total. The third-order valence-corrected chi connectivity index (χ3v) is 4.14. The first kappa shape index (κ1) is 13.2. The van der Waals surface area contributed by atoms with Crippen LogP contribution in [0.4, 0.5) is 5.69 Å². The van der Waals surface area contributed by atoms with Crippen molar-refractivity contribution >= 4 is 23.4 Å². The number of carbonyl (C=O) groups is 1. The molecule has 1 aromatic rings. The molecule has 0 aliphatic carbocycles. The number of nitrogens with one attached hydrogen (secondary N) is 1. The molecule has 1 amide bonds. The van der Waals surface area contributed by atoms with Gasteiger partial charge >= 0.3 is 0 Å². The third-order valence-electron chi connectivity index (χ3n) is 2.91. The number of nitrogen functional groups attached to an aromatic ring is 1. The van der Waals surface area contributed by atoms with Crippen LogP contribution in [0.25, 0.3) is 0 Å². The molecule has 1 fully saturated rings. The largest absolute Gasteiger partial charge is 0.336 e. The van der Waals surface area contributed by atoms with Gasteiger partial charge in [0.2, 0.25) is 0 Å². The highest BCUT2D eigenvalue weighted by molar-refractivity contribution is 8.00. The number of aromatic nitrogens is 1. The molecule has 6 heteroatoms. The Kier molecular flexibility index (Phi) is 4.08. The summed E-state index contributed by atoms with van der Waals surface area (Å²) in [5.41, 5.74) is 3.68. The lowest BCUT2D eigenvalue weighted by molar-refractivity contribution is 0.0754. The van der Waals surface area contributed by atoms with Crippen LogP contribution in [0.2, 0.25) is 0 Å². The molecule has 1 aliphatic rings. The summed E-state index contributed by atoms with van der Waals surface area (Å²) in [6.45, 7) is 5.85. The average Bonchev–Trinajstić information content (AvgIpc) is 2.36. The Morgan fingerprint density at radius 3 is 2.78 bits per heavy atom. The summed E-state index contributed by atoms with van der Waals surface area (Å²) < 4.78 is 0. The fourth-order valence-electron chi connectivity index (χ4n) is 2.21. The van der Waals surface area contributed by atoms with E-state index < -0.39 is 0 Å². The predicted octanol–water partition coefficient (Wildman–Crippen LogP) is 1.33. The topological polar surface area (TPSA) is 71.2 Å². The van der Waals surface area contributed by atoms with E-state index in [4.69, 9.17) is 5.84 Å². The van der Waals surface area contributed by atoms with Crippen molar-refractivity contribution in [1.29, 1.82) is 0 Å². The Labute approximate surface area is 111 Å². The molecule has 0 bridgehead atoms. The van der Waals surface area contributed by atoms with Crippen LogP contribution in [-0.2, 0) is 0 Å². The molecule has 2 heterocycles. The van der Waals surface area contributed by atoms with Crippen molar-refractivity contribution in [2.45, 2.75) is 24.3 Å². The number of carbonyl (C=O) groups excluding carboxylic acids is 1. The minimum atomic E-state index is 0.0179. The van der Waals surface area contributed by atoms with Gasteiger partial charge in [-0.15, -0.1) is 0 Å². The zero-order valence-corrected chi connectivity index (χ0v) is 11.4. The van der Waals surface area contributed by atoms with E-state index in [2.05, 4.69) is 24.3 Å². The molecule has 2 unspecified atom stereocenters. The number of nitrogens with zero attached hydrogens (tertiary/aromatic N) is 2. The Hall–Kier alpha value is -1.27. The van der Waals surface area contributed by atoms with Crippen LogP contribution in [-0.4, -0.2) is 39.4 Å². The molecule has 1 aromatic heterocycles. The number of pyridine rings is 1. The standard InChI is InChI=1S/C12H18N4OS/c1-8-6-16(7-9(2)18-8)12(17)10-3-4-14-5-11(10)15-13/h3-5,8-9,15H,6-7,13H2,1-2H3. The van der Waals surface area contributed by atoms with E-state index in [9.17, 15) is 4.79 Å². The summed E-state index contributed by atoms with van der Waals surface area (Å²) in [6.07, 6.45) is 3.18. The van der Waals surface area contributed by atoms with Gasteiger partial charge in [-0.3, -0.25) is 15.6 Å². The molecule has 3 N–H and O–H groups in total. The fraction of sp³-hybridized carbons (Fsp3) is 0.500. The molecule has 1 aliphatic heterocycles. The zero-order chi connectivity index (χ0) is 13.1. The van der Waals surface area contributed by atoms with Crippen molar-refractivity contribution in [3.63, 3.8) is 0 Å². The van der Waals surface area contributed by atoms with Crippen molar-refractivity contribution in [3.05, 3.63) is 24.0 Å². The lowest BCUT2D eigenvalue weighted by atomic mass is 10.2. The van der Waals surface area contributed by atoms with Gasteiger partial charge in [0.1, 0.15) is 0 Å². The van der Waals surface area contributed by atoms with Crippen molar-refractivity contribution in [2.75, 3.05) is 18.5 Å². The summed E-state index contributed by atoms with van der Waals surface area (Å²) in [5.74, 6) is 5.43. The number of anilines is 1. The van der Waals surface area contributed by atoms with Crippen LogP contribution in [0, 0.1) is 0 Å². The van der Waals surface area contributed by atoms with Crippen LogP contribution in [0.5, 0.6) is 0 Å². The molecule has 2 rings (SSSR count). The van der Waals surface area contributed by atoms with Crippen LogP contribution in [0.1, 0.15) is 24.2 Å². The Balaban J connectivity index is 2.20. The second kappa shape index (κ2) is 5.58. The lowest BCUT2D eigenvalue weighted by Crippen LogP contribution is -2.44. The summed E-state index contributed by atoms with van der Waals surface area (Å²) in [5, 5.41) is 0.933. The number of hydrogen-bond acceptors (Lipinski definition) is 5. The number of hydrazine groups is 1. The quantitative estimate of drug-likeness (QED) is 0.624. The van der Waals surface area contributed by atoms with Gasteiger partial charge in [-0.25, -0.2) is 0 Å². The van der Waals surface area contributed by atoms with E-state index >= 15 is 0 Å². The molecule has 18 heavy (non-hydrogen) atoms. The zero-order valence-electron chi connectivity index (χ0n) is 10.6. The summed E-state index contributed by atoms with van der Waals surface area (Å²) in [7, 11) is 0. The maximum atomic E-state index is 12.5. The molecule has 98 valence electrons. The molecule has 2 atom stereocenters. The Morgan fingerprint density at radius 2 is 2.17 bits per heavy atom. The van der Waals surface area contributed by atoms with Crippen molar-refractivity contribution in [1.82, 2.24) is 9.88 Å². The van der Waals surface area contributed by atoms with Crippen LogP contribution >= 0.6 is 11.8 Å². The van der Waals surface area contributed by atoms with E-state index in [1.807, 2.05) is 16.7 Å². The summed E-state index contributed by atoms with van der Waals surface area (Å²) >= 11 is 1.92. The first-order valence-electron chi connectivity index (χ1n) is 5.97. The number of nitrogens with two attached hydrogens (primary N) is 1. The maximum Gasteiger partial charge on any atom is 0.256 e. The van der Waals surface area contributed by atoms with Gasteiger partial charge in [-0.05, 0) is 6.07 Å². The summed E-state index contributed by atoms with van der Waals surface area (Å²) in [6, 6.07) is 1.70. The molecular weight excluding hydrogens is 248 g/mol. The van der Waals surface area contributed by atoms with Gasteiger partial charge < -0.3 is 10.3 Å². The van der Waals surface area contributed by atoms with Gasteiger partial charge in [0.15, 0.2) is 0 Å². The van der Waals surface area contributed by atoms with Gasteiger partial charge in [-0.2, -0.15) is 11.8 Å². The van der Waals surface area contributed by atoms with E-state index in [1.54, 1.807) is 18.5 Å². The SMILES string of the molecule is CC1CN(C(=O)c2ccncc2NN)CC(C)S1. The van der Waals surface area contributed by atoms with E-state index in [1.165, 1.54) is 0 Å². The Bertz CT molecular complexity index is 430. The highest BCUT2D eigenvalue weighted by atomic mass is 32.2. The maximum absolute atomic E-state index is 12.5. The second-order valence-electron chi connectivity index (χ2n) is 4.53. The van der Waals surface area contributed by atoms with E-state index in [0.29, 0.717) is 21.8 Å². The van der Waals surface area contributed by atoms with Crippen LogP contribution < -0.4 is 11.3 Å². The minimum Gasteiger partial charge on any atom is -0.336 e. The minimum absolute atomic E-state index is 0.0179. The fourth-order valence-corrected chi connectivity index (χ4v) is 3.54. The monoisotopic (exact) mass is 266 g/mol. The van der Waals surface area contributed by atoms with Crippen molar-refractivity contribution in [3.8, 4) is 0 Å². The average molecular weight is 266 g/mol. The summed E-state index contributed by atoms with van der Waals surface area (Å²) in [4.78, 5) is 18.3. The third kappa shape index (κ3) is 2.76. The van der Waals surface area contributed by atoms with E-state index in [0.717, 1.165) is 13.1 Å². The normalized spacial score (nSPS) is 23.8. The number of hydrogen-bond donors (Lipinski definition) is 2. The molecule has 1 saturated heterocycles. The van der Waals surface area contributed by atoms with Crippen LogP contribution in [0.15, 0.2) is 18.5 Å². The molecule has 0 saturated carbocycles. The smallest absolute Gasteiger partial charge is 0.256 e. The van der Waals surface area contributed by atoms with Gasteiger partial charge in [0.05, 0.1) is 17.4 Å². The van der Waals surface area contributed by atoms with E-state index in [-0.39, 0.29) is 5.91 Å². The highest BCUT2D eigenvalue weighted by Crippen LogP contribution is 2.26. The molecule has 0 aromatic carbocycles. The van der Waals surface area contributed by atoms with Gasteiger partial charge in [0.25, 0.3) is 5.91 Å². The highest BCUT2D eigenvalue weighted by Gasteiger charge is 2.27. The first-order chi connectivity index (χ1) is 8.61. The molecular formula is C12H18N4OS. The van der Waals surface area contributed by atoms with Gasteiger partial charge in [0, 0.05) is 29.8 Å². The molecule has 0 spiro atoms. The number of thioether (sulfide) groups is 1. The number of amides is 1. The number of rotatable bonds is 2. The Morgan fingerprint density at radius 1 is 1.50 bits per heavy atom. The predicted molar refractivity (Wildman–Crippen MR) is 74.5 cm³/mol.